The zero-order chi connectivity index (χ0) is 12.1. The second kappa shape index (κ2) is 6.11. The van der Waals surface area contributed by atoms with Crippen LogP contribution in [0.25, 0.3) is 0 Å². The molecule has 0 fully saturated rings. The molecule has 88 valence electrons. The van der Waals surface area contributed by atoms with E-state index in [1.807, 2.05) is 6.92 Å². The lowest BCUT2D eigenvalue weighted by molar-refractivity contribution is -0.119. The monoisotopic (exact) mass is 287 g/mol. The van der Waals surface area contributed by atoms with E-state index in [-0.39, 0.29) is 18.0 Å². The number of nitrogens with two attached hydrogens (primary N) is 1. The van der Waals surface area contributed by atoms with Gasteiger partial charge in [0.1, 0.15) is 5.82 Å². The van der Waals surface area contributed by atoms with Gasteiger partial charge >= 0.3 is 0 Å². The number of hydrogen-bond acceptors (Lipinski definition) is 2. The van der Waals surface area contributed by atoms with Crippen molar-refractivity contribution >= 4 is 21.7 Å². The molecular formula is C12H15BrFNO. The quantitative estimate of drug-likeness (QED) is 0.905. The molecule has 2 nitrogen and oxygen atoms in total. The number of ketones is 1. The molecule has 0 aliphatic rings. The minimum Gasteiger partial charge on any atom is -0.321 e. The molecule has 1 atom stereocenters. The van der Waals surface area contributed by atoms with Gasteiger partial charge in [0.2, 0.25) is 0 Å². The van der Waals surface area contributed by atoms with E-state index in [1.165, 1.54) is 6.07 Å². The van der Waals surface area contributed by atoms with E-state index in [1.54, 1.807) is 12.1 Å². The number of rotatable bonds is 5. The number of carbonyl (C=O) groups excluding carboxylic acids is 1. The molecule has 0 amide bonds. The maximum Gasteiger partial charge on any atom is 0.153 e. The highest BCUT2D eigenvalue weighted by atomic mass is 79.9. The van der Waals surface area contributed by atoms with Crippen molar-refractivity contribution in [3.8, 4) is 0 Å². The molecule has 2 N–H and O–H groups in total. The smallest absolute Gasteiger partial charge is 0.153 e. The fraction of sp³-hybridized carbons (Fsp3) is 0.417. The lowest BCUT2D eigenvalue weighted by atomic mass is 10.0. The molecule has 0 radical (unpaired) electrons. The molecular weight excluding hydrogens is 273 g/mol. The van der Waals surface area contributed by atoms with Crippen LogP contribution in [0.5, 0.6) is 0 Å². The van der Waals surface area contributed by atoms with E-state index >= 15 is 0 Å². The van der Waals surface area contributed by atoms with Gasteiger partial charge in [-0.25, -0.2) is 4.39 Å². The van der Waals surface area contributed by atoms with Crippen molar-refractivity contribution in [2.24, 2.45) is 5.73 Å². The molecule has 4 heteroatoms. The lowest BCUT2D eigenvalue weighted by Gasteiger charge is -2.10. The summed E-state index contributed by atoms with van der Waals surface area (Å²) in [5, 5.41) is 0. The van der Waals surface area contributed by atoms with Crippen LogP contribution in [0.1, 0.15) is 25.3 Å². The third-order valence-electron chi connectivity index (χ3n) is 2.41. The first-order chi connectivity index (χ1) is 7.56. The maximum atomic E-state index is 13.2. The van der Waals surface area contributed by atoms with E-state index < -0.39 is 6.04 Å². The maximum absolute atomic E-state index is 13.2. The van der Waals surface area contributed by atoms with Crippen LogP contribution in [0.3, 0.4) is 0 Å². The minimum absolute atomic E-state index is 0.0480. The zero-order valence-corrected chi connectivity index (χ0v) is 10.8. The normalized spacial score (nSPS) is 12.5. The highest BCUT2D eigenvalue weighted by molar-refractivity contribution is 9.10. The van der Waals surface area contributed by atoms with Gasteiger partial charge in [-0.15, -0.1) is 0 Å². The van der Waals surface area contributed by atoms with Crippen molar-refractivity contribution in [2.75, 3.05) is 0 Å². The standard InChI is InChI=1S/C12H15BrFNO/c1-2-4-10(15)11(16)7-8-5-3-6-9(14)12(8)13/h3,5-6,10H,2,4,7,15H2,1H3. The van der Waals surface area contributed by atoms with Gasteiger partial charge in [-0.1, -0.05) is 25.5 Å². The first kappa shape index (κ1) is 13.3. The van der Waals surface area contributed by atoms with E-state index in [9.17, 15) is 9.18 Å². The Morgan fingerprint density at radius 1 is 1.56 bits per heavy atom. The van der Waals surface area contributed by atoms with Gasteiger partial charge in [0.25, 0.3) is 0 Å². The second-order valence-electron chi connectivity index (χ2n) is 3.75. The molecule has 0 aromatic heterocycles. The summed E-state index contributed by atoms with van der Waals surface area (Å²) in [6.45, 7) is 1.98. The van der Waals surface area contributed by atoms with Gasteiger partial charge in [-0.3, -0.25) is 4.79 Å². The Kier molecular flexibility index (Phi) is 5.09. The summed E-state index contributed by atoms with van der Waals surface area (Å²) in [7, 11) is 0. The number of hydrogen-bond donors (Lipinski definition) is 1. The molecule has 1 rings (SSSR count). The van der Waals surface area contributed by atoms with E-state index in [2.05, 4.69) is 15.9 Å². The van der Waals surface area contributed by atoms with Gasteiger partial charge in [0.05, 0.1) is 10.5 Å². The van der Waals surface area contributed by atoms with E-state index in [0.29, 0.717) is 16.5 Å². The second-order valence-corrected chi connectivity index (χ2v) is 4.54. The molecule has 0 aliphatic heterocycles. The predicted molar refractivity (Wildman–Crippen MR) is 65.7 cm³/mol. The van der Waals surface area contributed by atoms with Crippen LogP contribution in [0, 0.1) is 5.82 Å². The average Bonchev–Trinajstić information content (AvgIpc) is 2.25. The fourth-order valence-corrected chi connectivity index (χ4v) is 1.88. The van der Waals surface area contributed by atoms with Crippen molar-refractivity contribution in [3.63, 3.8) is 0 Å². The third-order valence-corrected chi connectivity index (χ3v) is 3.30. The average molecular weight is 288 g/mol. The summed E-state index contributed by atoms with van der Waals surface area (Å²) in [6, 6.07) is 4.22. The predicted octanol–water partition coefficient (Wildman–Crippen LogP) is 2.83. The lowest BCUT2D eigenvalue weighted by Crippen LogP contribution is -2.31. The largest absolute Gasteiger partial charge is 0.321 e. The summed E-state index contributed by atoms with van der Waals surface area (Å²) in [5.74, 6) is -0.400. The molecule has 0 aliphatic carbocycles. The Labute approximate surface area is 103 Å². The van der Waals surface area contributed by atoms with Gasteiger partial charge in [0, 0.05) is 6.42 Å². The van der Waals surface area contributed by atoms with Crippen LogP contribution in [0.15, 0.2) is 22.7 Å². The Bertz CT molecular complexity index is 381. The van der Waals surface area contributed by atoms with Crippen LogP contribution in [-0.4, -0.2) is 11.8 Å². The topological polar surface area (TPSA) is 43.1 Å². The van der Waals surface area contributed by atoms with Gasteiger partial charge in [-0.05, 0) is 34.0 Å². The first-order valence-corrected chi connectivity index (χ1v) is 6.06. The molecule has 1 unspecified atom stereocenters. The minimum atomic E-state index is -0.444. The van der Waals surface area contributed by atoms with Gasteiger partial charge < -0.3 is 5.73 Å². The van der Waals surface area contributed by atoms with Crippen LogP contribution in [-0.2, 0) is 11.2 Å². The summed E-state index contributed by atoms with van der Waals surface area (Å²) in [5.41, 5.74) is 6.35. The summed E-state index contributed by atoms with van der Waals surface area (Å²) in [4.78, 5) is 11.7. The first-order valence-electron chi connectivity index (χ1n) is 5.27. The van der Waals surface area contributed by atoms with Gasteiger partial charge in [-0.2, -0.15) is 0 Å². The summed E-state index contributed by atoms with van der Waals surface area (Å²) >= 11 is 3.13. The third kappa shape index (κ3) is 3.39. The van der Waals surface area contributed by atoms with Crippen molar-refractivity contribution in [1.29, 1.82) is 0 Å². The Hall–Kier alpha value is -0.740. The highest BCUT2D eigenvalue weighted by Gasteiger charge is 2.15. The Balaban J connectivity index is 2.73. The molecule has 16 heavy (non-hydrogen) atoms. The van der Waals surface area contributed by atoms with Crippen molar-refractivity contribution in [2.45, 2.75) is 32.2 Å². The Morgan fingerprint density at radius 2 is 2.25 bits per heavy atom. The number of benzene rings is 1. The summed E-state index contributed by atoms with van der Waals surface area (Å²) < 4.78 is 13.5. The number of carbonyl (C=O) groups is 1. The zero-order valence-electron chi connectivity index (χ0n) is 9.17. The molecule has 0 heterocycles. The van der Waals surface area contributed by atoms with Crippen LogP contribution < -0.4 is 5.73 Å². The number of Topliss-reactive ketones (excluding diaryl/α,β-unsaturated/α-hetero) is 1. The molecule has 1 aromatic carbocycles. The van der Waals surface area contributed by atoms with Crippen LogP contribution in [0.2, 0.25) is 0 Å². The van der Waals surface area contributed by atoms with Crippen LogP contribution >= 0.6 is 15.9 Å². The van der Waals surface area contributed by atoms with Crippen molar-refractivity contribution < 1.29 is 9.18 Å². The fourth-order valence-electron chi connectivity index (χ4n) is 1.48. The molecule has 0 saturated carbocycles. The van der Waals surface area contributed by atoms with Crippen molar-refractivity contribution in [3.05, 3.63) is 34.1 Å². The van der Waals surface area contributed by atoms with Crippen molar-refractivity contribution in [1.82, 2.24) is 0 Å². The van der Waals surface area contributed by atoms with E-state index in [0.717, 1.165) is 6.42 Å². The molecule has 0 bridgehead atoms. The molecule has 0 saturated heterocycles. The highest BCUT2D eigenvalue weighted by Crippen LogP contribution is 2.21. The Morgan fingerprint density at radius 3 is 2.88 bits per heavy atom. The van der Waals surface area contributed by atoms with Gasteiger partial charge in [0.15, 0.2) is 5.78 Å². The summed E-state index contributed by atoms with van der Waals surface area (Å²) in [6.07, 6.45) is 1.72. The van der Waals surface area contributed by atoms with E-state index in [4.69, 9.17) is 5.73 Å². The number of halogens is 2. The van der Waals surface area contributed by atoms with Crippen LogP contribution in [0.4, 0.5) is 4.39 Å². The molecule has 1 aromatic rings. The molecule has 0 spiro atoms. The SMILES string of the molecule is CCCC(N)C(=O)Cc1cccc(F)c1Br.